The van der Waals surface area contributed by atoms with E-state index in [1.54, 1.807) is 19.2 Å². The highest BCUT2D eigenvalue weighted by atomic mass is 79.9. The van der Waals surface area contributed by atoms with Gasteiger partial charge in [-0.05, 0) is 35.0 Å². The van der Waals surface area contributed by atoms with Gasteiger partial charge in [0.15, 0.2) is 0 Å². The van der Waals surface area contributed by atoms with Gasteiger partial charge in [-0.2, -0.15) is 0 Å². The largest absolute Gasteiger partial charge is 0.397 e. The second-order valence-corrected chi connectivity index (χ2v) is 5.96. The number of nitrogens with zero attached hydrogens (tertiary/aromatic N) is 2. The molecule has 0 aliphatic heterocycles. The van der Waals surface area contributed by atoms with Crippen LogP contribution in [0.15, 0.2) is 29.0 Å². The highest BCUT2D eigenvalue weighted by Gasteiger charge is 2.20. The number of pyridine rings is 2. The predicted molar refractivity (Wildman–Crippen MR) is 86.5 cm³/mol. The van der Waals surface area contributed by atoms with Gasteiger partial charge in [-0.15, -0.1) is 0 Å². The summed E-state index contributed by atoms with van der Waals surface area (Å²) in [6.07, 6.45) is 3.04. The molecule has 1 unspecified atom stereocenters. The van der Waals surface area contributed by atoms with Crippen LogP contribution in [0.5, 0.6) is 0 Å². The molecule has 0 saturated carbocycles. The smallest absolute Gasteiger partial charge is 0.256 e. The van der Waals surface area contributed by atoms with E-state index in [4.69, 9.17) is 28.9 Å². The van der Waals surface area contributed by atoms with Crippen molar-refractivity contribution in [3.63, 3.8) is 0 Å². The number of hydrogen-bond donors (Lipinski definition) is 2. The van der Waals surface area contributed by atoms with E-state index in [1.165, 1.54) is 12.3 Å². The summed E-state index contributed by atoms with van der Waals surface area (Å²) < 4.78 is 0.764. The predicted octanol–water partition coefficient (Wildman–Crippen LogP) is 3.62. The lowest BCUT2D eigenvalue weighted by Gasteiger charge is -2.16. The van der Waals surface area contributed by atoms with Crippen molar-refractivity contribution in [1.29, 1.82) is 0 Å². The first kappa shape index (κ1) is 16.0. The van der Waals surface area contributed by atoms with Crippen molar-refractivity contribution >= 4 is 50.7 Å². The molecule has 5 nitrogen and oxygen atoms in total. The Morgan fingerprint density at radius 1 is 1.43 bits per heavy atom. The number of nitrogens with one attached hydrogen (secondary N) is 1. The van der Waals surface area contributed by atoms with E-state index in [-0.39, 0.29) is 15.7 Å². The lowest BCUT2D eigenvalue weighted by Crippen LogP contribution is -2.28. The molecule has 21 heavy (non-hydrogen) atoms. The molecule has 2 aromatic heterocycles. The van der Waals surface area contributed by atoms with Crippen LogP contribution in [0.4, 0.5) is 5.69 Å². The Morgan fingerprint density at radius 3 is 2.76 bits per heavy atom. The molecule has 1 atom stereocenters. The first-order valence-corrected chi connectivity index (χ1v) is 7.47. The summed E-state index contributed by atoms with van der Waals surface area (Å²) in [5, 5.41) is 3.03. The molecule has 1 amide bonds. The van der Waals surface area contributed by atoms with Crippen LogP contribution in [0, 0.1) is 0 Å². The average molecular weight is 390 g/mol. The second kappa shape index (κ2) is 6.60. The van der Waals surface area contributed by atoms with Gasteiger partial charge in [0, 0.05) is 16.9 Å². The van der Waals surface area contributed by atoms with E-state index in [0.29, 0.717) is 11.4 Å². The van der Waals surface area contributed by atoms with Gasteiger partial charge in [0.2, 0.25) is 0 Å². The fraction of sp³-hybridized carbons (Fsp3) is 0.154. The monoisotopic (exact) mass is 388 g/mol. The third-order valence-electron chi connectivity index (χ3n) is 2.75. The highest BCUT2D eigenvalue weighted by molar-refractivity contribution is 9.10. The van der Waals surface area contributed by atoms with Gasteiger partial charge >= 0.3 is 0 Å². The Balaban J connectivity index is 2.23. The van der Waals surface area contributed by atoms with E-state index >= 15 is 0 Å². The second-order valence-electron chi connectivity index (χ2n) is 4.28. The molecule has 8 heteroatoms. The van der Waals surface area contributed by atoms with Crippen molar-refractivity contribution in [3.8, 4) is 0 Å². The zero-order valence-electron chi connectivity index (χ0n) is 10.9. The van der Waals surface area contributed by atoms with Crippen molar-refractivity contribution in [2.75, 3.05) is 5.73 Å². The van der Waals surface area contributed by atoms with Crippen LogP contribution in [0.25, 0.3) is 0 Å². The van der Waals surface area contributed by atoms with Crippen molar-refractivity contribution < 1.29 is 4.79 Å². The van der Waals surface area contributed by atoms with Crippen LogP contribution in [0.2, 0.25) is 10.2 Å². The van der Waals surface area contributed by atoms with Gasteiger partial charge in [-0.1, -0.05) is 23.2 Å². The first-order chi connectivity index (χ1) is 9.90. The quantitative estimate of drug-likeness (QED) is 0.785. The normalized spacial score (nSPS) is 12.0. The van der Waals surface area contributed by atoms with Crippen LogP contribution in [0.1, 0.15) is 29.0 Å². The number of aromatic nitrogens is 2. The maximum atomic E-state index is 12.3. The minimum Gasteiger partial charge on any atom is -0.397 e. The Morgan fingerprint density at radius 2 is 2.14 bits per heavy atom. The number of carbonyl (C=O) groups is 1. The van der Waals surface area contributed by atoms with Gasteiger partial charge in [0.25, 0.3) is 5.91 Å². The molecule has 110 valence electrons. The molecular formula is C13H11BrCl2N4O. The van der Waals surface area contributed by atoms with Crippen LogP contribution in [0.3, 0.4) is 0 Å². The third-order valence-corrected chi connectivity index (χ3v) is 3.79. The standard InChI is InChI=1S/C13H11BrCl2N4O/c1-6(11-9(17)4-7(14)5-19-11)20-13(21)10-8(15)2-3-18-12(10)16/h2-6H,17H2,1H3,(H,20,21). The summed E-state index contributed by atoms with van der Waals surface area (Å²) in [5.41, 5.74) is 7.05. The minimum atomic E-state index is -0.435. The van der Waals surface area contributed by atoms with E-state index in [2.05, 4.69) is 31.2 Å². The van der Waals surface area contributed by atoms with Gasteiger partial charge in [-0.25, -0.2) is 4.98 Å². The SMILES string of the molecule is CC(NC(=O)c1c(Cl)ccnc1Cl)c1ncc(Br)cc1N. The lowest BCUT2D eigenvalue weighted by atomic mass is 10.1. The Labute approximate surface area is 140 Å². The number of hydrogen-bond acceptors (Lipinski definition) is 4. The lowest BCUT2D eigenvalue weighted by molar-refractivity contribution is 0.0939. The molecule has 0 fully saturated rings. The Hall–Kier alpha value is -1.37. The van der Waals surface area contributed by atoms with Gasteiger partial charge in [0.1, 0.15) is 5.15 Å². The van der Waals surface area contributed by atoms with Crippen LogP contribution in [-0.4, -0.2) is 15.9 Å². The van der Waals surface area contributed by atoms with Crippen molar-refractivity contribution in [1.82, 2.24) is 15.3 Å². The number of rotatable bonds is 3. The molecule has 2 aromatic rings. The molecular weight excluding hydrogens is 379 g/mol. The number of halogens is 3. The number of nitrogens with two attached hydrogens (primary N) is 1. The Bertz CT molecular complexity index is 676. The number of carbonyl (C=O) groups excluding carboxylic acids is 1. The zero-order chi connectivity index (χ0) is 15.6. The summed E-state index contributed by atoms with van der Waals surface area (Å²) in [7, 11) is 0. The summed E-state index contributed by atoms with van der Waals surface area (Å²) in [5.74, 6) is -0.435. The average Bonchev–Trinajstić information content (AvgIpc) is 2.37. The van der Waals surface area contributed by atoms with Gasteiger partial charge in [0.05, 0.1) is 28.0 Å². The van der Waals surface area contributed by atoms with Crippen molar-refractivity contribution in [3.05, 3.63) is 50.4 Å². The molecule has 0 saturated heterocycles. The summed E-state index contributed by atoms with van der Waals surface area (Å²) in [4.78, 5) is 20.3. The maximum absolute atomic E-state index is 12.3. The number of nitrogen functional groups attached to an aromatic ring is 1. The van der Waals surface area contributed by atoms with E-state index in [9.17, 15) is 4.79 Å². The van der Waals surface area contributed by atoms with Crippen molar-refractivity contribution in [2.24, 2.45) is 0 Å². The van der Waals surface area contributed by atoms with Crippen LogP contribution in [-0.2, 0) is 0 Å². The Kier molecular flexibility index (Phi) is 5.03. The van der Waals surface area contributed by atoms with E-state index in [1.807, 2.05) is 0 Å². The fourth-order valence-corrected chi connectivity index (χ4v) is 2.65. The molecule has 2 heterocycles. The summed E-state index contributed by atoms with van der Waals surface area (Å²) >= 11 is 15.2. The minimum absolute atomic E-state index is 0.0453. The highest BCUT2D eigenvalue weighted by Crippen LogP contribution is 2.25. The maximum Gasteiger partial charge on any atom is 0.256 e. The first-order valence-electron chi connectivity index (χ1n) is 5.92. The van der Waals surface area contributed by atoms with Crippen LogP contribution < -0.4 is 11.1 Å². The van der Waals surface area contributed by atoms with Crippen molar-refractivity contribution in [2.45, 2.75) is 13.0 Å². The molecule has 3 N–H and O–H groups in total. The molecule has 0 bridgehead atoms. The summed E-state index contributed by atoms with van der Waals surface area (Å²) in [6, 6.07) is 2.81. The fourth-order valence-electron chi connectivity index (χ4n) is 1.78. The molecule has 0 aliphatic carbocycles. The van der Waals surface area contributed by atoms with Gasteiger partial charge in [-0.3, -0.25) is 9.78 Å². The third kappa shape index (κ3) is 3.64. The number of anilines is 1. The van der Waals surface area contributed by atoms with Crippen LogP contribution >= 0.6 is 39.1 Å². The summed E-state index contributed by atoms with van der Waals surface area (Å²) in [6.45, 7) is 1.77. The molecule has 2 rings (SSSR count). The topological polar surface area (TPSA) is 80.9 Å². The van der Waals surface area contributed by atoms with Gasteiger partial charge < -0.3 is 11.1 Å². The zero-order valence-corrected chi connectivity index (χ0v) is 14.0. The molecule has 0 spiro atoms. The van der Waals surface area contributed by atoms with E-state index in [0.717, 1.165) is 4.47 Å². The van der Waals surface area contributed by atoms with E-state index < -0.39 is 11.9 Å². The number of amides is 1. The molecule has 0 aromatic carbocycles. The molecule has 0 aliphatic rings. The molecule has 0 radical (unpaired) electrons.